The molecule has 1 amide bonds. The van der Waals surface area contributed by atoms with Gasteiger partial charge in [-0.05, 0) is 39.0 Å². The van der Waals surface area contributed by atoms with Crippen LogP contribution in [0.15, 0.2) is 18.2 Å². The van der Waals surface area contributed by atoms with Crippen LogP contribution in [-0.4, -0.2) is 36.9 Å². The zero-order chi connectivity index (χ0) is 15.6. The van der Waals surface area contributed by atoms with Crippen molar-refractivity contribution in [3.63, 3.8) is 0 Å². The molecule has 1 atom stereocenters. The third-order valence-corrected chi connectivity index (χ3v) is 3.17. The number of fused-ring (bicyclic) bond motifs is 1. The number of esters is 1. The van der Waals surface area contributed by atoms with Gasteiger partial charge in [-0.3, -0.25) is 19.3 Å². The van der Waals surface area contributed by atoms with Gasteiger partial charge in [-0.25, -0.2) is 0 Å². The molecule has 0 N–H and O–H groups in total. The lowest BCUT2D eigenvalue weighted by atomic mass is 10.1. The first kappa shape index (κ1) is 15.0. The summed E-state index contributed by atoms with van der Waals surface area (Å²) in [7, 11) is 0. The summed E-state index contributed by atoms with van der Waals surface area (Å²) >= 11 is 0. The van der Waals surface area contributed by atoms with E-state index >= 15 is 0 Å². The fourth-order valence-corrected chi connectivity index (χ4v) is 2.12. The number of rotatable bonds is 4. The number of anilines is 1. The lowest BCUT2D eigenvalue weighted by molar-refractivity contribution is -0.143. The van der Waals surface area contributed by atoms with Gasteiger partial charge in [0.15, 0.2) is 11.9 Å². The third-order valence-electron chi connectivity index (χ3n) is 3.17. The minimum atomic E-state index is -0.685. The maximum Gasteiger partial charge on any atom is 0.326 e. The number of benzene rings is 1. The molecule has 1 heterocycles. The Morgan fingerprint density at radius 1 is 1.38 bits per heavy atom. The highest BCUT2D eigenvalue weighted by Gasteiger charge is 2.33. The minimum absolute atomic E-state index is 0.125. The zero-order valence-electron chi connectivity index (χ0n) is 12.2. The first-order valence-electron chi connectivity index (χ1n) is 6.72. The van der Waals surface area contributed by atoms with Crippen LogP contribution in [0.3, 0.4) is 0 Å². The quantitative estimate of drug-likeness (QED) is 0.622. The monoisotopic (exact) mass is 291 g/mol. The molecule has 1 aliphatic rings. The first-order valence-corrected chi connectivity index (χ1v) is 6.72. The van der Waals surface area contributed by atoms with Gasteiger partial charge in [0.25, 0.3) is 5.91 Å². The number of carbonyl (C=O) groups is 3. The number of carbonyl (C=O) groups excluding carboxylic acids is 3. The fraction of sp³-hybridized carbons (Fsp3) is 0.400. The number of hydrogen-bond acceptors (Lipinski definition) is 5. The average molecular weight is 291 g/mol. The van der Waals surface area contributed by atoms with Crippen LogP contribution in [0.4, 0.5) is 5.69 Å². The lowest BCUT2D eigenvalue weighted by Gasteiger charge is -2.32. The molecule has 1 aliphatic heterocycles. The van der Waals surface area contributed by atoms with Crippen LogP contribution in [0.2, 0.25) is 0 Å². The molecule has 0 aliphatic carbocycles. The predicted octanol–water partition coefficient (Wildman–Crippen LogP) is 1.57. The van der Waals surface area contributed by atoms with Crippen molar-refractivity contribution < 1.29 is 23.9 Å². The van der Waals surface area contributed by atoms with Crippen molar-refractivity contribution in [1.29, 1.82) is 0 Å². The Kier molecular flexibility index (Phi) is 4.26. The molecule has 112 valence electrons. The van der Waals surface area contributed by atoms with Crippen molar-refractivity contribution in [3.05, 3.63) is 23.8 Å². The van der Waals surface area contributed by atoms with Gasteiger partial charge in [-0.15, -0.1) is 0 Å². The van der Waals surface area contributed by atoms with E-state index in [1.807, 2.05) is 0 Å². The Hall–Kier alpha value is -2.37. The molecular formula is C15H17NO5. The lowest BCUT2D eigenvalue weighted by Crippen LogP contribution is -2.47. The molecule has 6 nitrogen and oxygen atoms in total. The summed E-state index contributed by atoms with van der Waals surface area (Å²) in [5.41, 5.74) is 0.868. The van der Waals surface area contributed by atoms with Crippen LogP contribution >= 0.6 is 0 Å². The van der Waals surface area contributed by atoms with E-state index in [0.717, 1.165) is 0 Å². The number of hydrogen-bond donors (Lipinski definition) is 0. The Morgan fingerprint density at radius 2 is 2.10 bits per heavy atom. The molecule has 6 heteroatoms. The van der Waals surface area contributed by atoms with Gasteiger partial charge < -0.3 is 9.47 Å². The Morgan fingerprint density at radius 3 is 2.71 bits per heavy atom. The second-order valence-corrected chi connectivity index (χ2v) is 4.73. The van der Waals surface area contributed by atoms with Crippen molar-refractivity contribution in [1.82, 2.24) is 0 Å². The Labute approximate surface area is 122 Å². The van der Waals surface area contributed by atoms with Crippen molar-refractivity contribution in [2.45, 2.75) is 26.9 Å². The maximum atomic E-state index is 12.2. The Bertz CT molecular complexity index is 596. The summed E-state index contributed by atoms with van der Waals surface area (Å²) in [4.78, 5) is 36.7. The molecular weight excluding hydrogens is 274 g/mol. The summed E-state index contributed by atoms with van der Waals surface area (Å²) in [5.74, 6) is -0.494. The summed E-state index contributed by atoms with van der Waals surface area (Å²) in [6.45, 7) is 4.79. The van der Waals surface area contributed by atoms with Gasteiger partial charge in [0.05, 0.1) is 12.3 Å². The summed E-state index contributed by atoms with van der Waals surface area (Å²) < 4.78 is 10.4. The van der Waals surface area contributed by atoms with Gasteiger partial charge in [-0.2, -0.15) is 0 Å². The highest BCUT2D eigenvalue weighted by atomic mass is 16.5. The van der Waals surface area contributed by atoms with E-state index in [4.69, 9.17) is 9.47 Å². The summed E-state index contributed by atoms with van der Waals surface area (Å²) in [6, 6.07) is 4.82. The molecule has 2 rings (SSSR count). The van der Waals surface area contributed by atoms with Gasteiger partial charge in [-0.1, -0.05) is 0 Å². The molecule has 0 aromatic heterocycles. The molecule has 0 radical (unpaired) electrons. The van der Waals surface area contributed by atoms with Crippen LogP contribution in [0.1, 0.15) is 31.1 Å². The minimum Gasteiger partial charge on any atom is -0.479 e. The van der Waals surface area contributed by atoms with Crippen molar-refractivity contribution in [2.75, 3.05) is 18.1 Å². The molecule has 0 bridgehead atoms. The summed E-state index contributed by atoms with van der Waals surface area (Å²) in [5, 5.41) is 0. The predicted molar refractivity (Wildman–Crippen MR) is 75.5 cm³/mol. The molecule has 0 fully saturated rings. The highest BCUT2D eigenvalue weighted by molar-refractivity contribution is 6.04. The van der Waals surface area contributed by atoms with E-state index in [-0.39, 0.29) is 24.8 Å². The van der Waals surface area contributed by atoms with Gasteiger partial charge in [0.2, 0.25) is 0 Å². The standard InChI is InChI=1S/C15H17NO5/c1-4-20-14(18)8-16-12-7-11(9(2)17)5-6-13(12)21-10(3)15(16)19/h5-7,10H,4,8H2,1-3H3/t10-/m0/s1. The van der Waals surface area contributed by atoms with Crippen LogP contribution < -0.4 is 9.64 Å². The van der Waals surface area contributed by atoms with Crippen LogP contribution in [0, 0.1) is 0 Å². The van der Waals surface area contributed by atoms with Crippen molar-refractivity contribution in [3.8, 4) is 5.75 Å². The number of nitrogens with zero attached hydrogens (tertiary/aromatic N) is 1. The van der Waals surface area contributed by atoms with E-state index in [1.165, 1.54) is 11.8 Å². The van der Waals surface area contributed by atoms with Gasteiger partial charge in [0, 0.05) is 5.56 Å². The van der Waals surface area contributed by atoms with E-state index in [0.29, 0.717) is 17.0 Å². The molecule has 1 aromatic carbocycles. The fourth-order valence-electron chi connectivity index (χ4n) is 2.12. The van der Waals surface area contributed by atoms with Crippen molar-refractivity contribution >= 4 is 23.3 Å². The van der Waals surface area contributed by atoms with Gasteiger partial charge in [0.1, 0.15) is 12.3 Å². The van der Waals surface area contributed by atoms with Crippen LogP contribution in [0.25, 0.3) is 0 Å². The SMILES string of the molecule is CCOC(=O)CN1C(=O)[C@H](C)Oc2ccc(C(C)=O)cc21. The second-order valence-electron chi connectivity index (χ2n) is 4.73. The van der Waals surface area contributed by atoms with E-state index < -0.39 is 12.1 Å². The molecule has 0 unspecified atom stereocenters. The average Bonchev–Trinajstić information content (AvgIpc) is 2.43. The van der Waals surface area contributed by atoms with E-state index in [1.54, 1.807) is 32.0 Å². The topological polar surface area (TPSA) is 72.9 Å². The maximum absolute atomic E-state index is 12.2. The first-order chi connectivity index (χ1) is 9.93. The molecule has 0 saturated carbocycles. The van der Waals surface area contributed by atoms with Crippen LogP contribution in [0.5, 0.6) is 5.75 Å². The number of Topliss-reactive ketones (excluding diaryl/α,β-unsaturated/α-hetero) is 1. The third kappa shape index (κ3) is 3.04. The summed E-state index contributed by atoms with van der Waals surface area (Å²) in [6.07, 6.45) is -0.685. The normalized spacial score (nSPS) is 17.0. The van der Waals surface area contributed by atoms with E-state index in [9.17, 15) is 14.4 Å². The molecule has 21 heavy (non-hydrogen) atoms. The second kappa shape index (κ2) is 5.95. The highest BCUT2D eigenvalue weighted by Crippen LogP contribution is 2.34. The number of ketones is 1. The van der Waals surface area contributed by atoms with Crippen molar-refractivity contribution in [2.24, 2.45) is 0 Å². The molecule has 0 saturated heterocycles. The Balaban J connectivity index is 2.39. The number of amides is 1. The largest absolute Gasteiger partial charge is 0.479 e. The van der Waals surface area contributed by atoms with Gasteiger partial charge >= 0.3 is 5.97 Å². The van der Waals surface area contributed by atoms with E-state index in [2.05, 4.69) is 0 Å². The molecule has 1 aromatic rings. The smallest absolute Gasteiger partial charge is 0.326 e. The number of ether oxygens (including phenoxy) is 2. The van der Waals surface area contributed by atoms with Crippen LogP contribution in [-0.2, 0) is 14.3 Å². The zero-order valence-corrected chi connectivity index (χ0v) is 12.2. The molecule has 0 spiro atoms.